The van der Waals surface area contributed by atoms with Crippen LogP contribution in [0.15, 0.2) is 45.9 Å². The highest BCUT2D eigenvalue weighted by Gasteiger charge is 2.18. The smallest absolute Gasteiger partial charge is 0.411 e. The average molecular weight is 354 g/mol. The van der Waals surface area contributed by atoms with E-state index in [0.29, 0.717) is 11.5 Å². The Morgan fingerprint density at radius 1 is 1.29 bits per heavy atom. The molecular weight excluding hydrogens is 336 g/mol. The lowest BCUT2D eigenvalue weighted by Gasteiger charge is -2.12. The molecule has 130 valence electrons. The number of methoxy groups -OCH3 is 1. The fourth-order valence-electron chi connectivity index (χ4n) is 1.89. The zero-order valence-corrected chi connectivity index (χ0v) is 14.1. The molecule has 0 aliphatic heterocycles. The number of carbonyl (C=O) groups is 1. The van der Waals surface area contributed by atoms with Gasteiger partial charge in [0, 0.05) is 0 Å². The molecule has 0 aliphatic carbocycles. The molecule has 1 aromatic carbocycles. The van der Waals surface area contributed by atoms with E-state index < -0.39 is 16.1 Å². The van der Waals surface area contributed by atoms with Crippen LogP contribution in [0.4, 0.5) is 10.5 Å². The van der Waals surface area contributed by atoms with Crippen molar-refractivity contribution in [1.82, 2.24) is 4.72 Å². The molecule has 0 saturated heterocycles. The fraction of sp³-hybridized carbons (Fsp3) is 0.267. The summed E-state index contributed by atoms with van der Waals surface area (Å²) in [6.45, 7) is 1.87. The maximum absolute atomic E-state index is 12.4. The Labute approximate surface area is 139 Å². The predicted octanol–water partition coefficient (Wildman–Crippen LogP) is 2.34. The normalized spacial score (nSPS) is 11.1. The summed E-state index contributed by atoms with van der Waals surface area (Å²) < 4.78 is 42.1. The van der Waals surface area contributed by atoms with E-state index in [1.807, 2.05) is 0 Å². The van der Waals surface area contributed by atoms with E-state index in [2.05, 4.69) is 10.0 Å². The van der Waals surface area contributed by atoms with E-state index >= 15 is 0 Å². The van der Waals surface area contributed by atoms with Crippen molar-refractivity contribution in [1.29, 1.82) is 0 Å². The number of rotatable bonds is 7. The molecule has 8 nitrogen and oxygen atoms in total. The van der Waals surface area contributed by atoms with E-state index in [4.69, 9.17) is 13.9 Å². The minimum Gasteiger partial charge on any atom is -0.495 e. The van der Waals surface area contributed by atoms with Gasteiger partial charge in [0.1, 0.15) is 11.5 Å². The highest BCUT2D eigenvalue weighted by molar-refractivity contribution is 7.89. The van der Waals surface area contributed by atoms with Gasteiger partial charge in [-0.25, -0.2) is 17.9 Å². The van der Waals surface area contributed by atoms with Gasteiger partial charge in [-0.15, -0.1) is 0 Å². The number of nitrogens with one attached hydrogen (secondary N) is 2. The second kappa shape index (κ2) is 7.84. The Hall–Kier alpha value is -2.52. The van der Waals surface area contributed by atoms with Gasteiger partial charge in [0.05, 0.1) is 37.1 Å². The molecule has 0 saturated carbocycles. The van der Waals surface area contributed by atoms with Crippen molar-refractivity contribution < 1.29 is 27.1 Å². The van der Waals surface area contributed by atoms with Crippen LogP contribution in [0.1, 0.15) is 12.7 Å². The van der Waals surface area contributed by atoms with Crippen LogP contribution < -0.4 is 14.8 Å². The predicted molar refractivity (Wildman–Crippen MR) is 86.4 cm³/mol. The Balaban J connectivity index is 2.21. The number of furan rings is 1. The van der Waals surface area contributed by atoms with Gasteiger partial charge >= 0.3 is 6.09 Å². The summed E-state index contributed by atoms with van der Waals surface area (Å²) in [7, 11) is -2.38. The molecule has 1 aromatic heterocycles. The van der Waals surface area contributed by atoms with Crippen molar-refractivity contribution in [3.63, 3.8) is 0 Å². The second-order valence-corrected chi connectivity index (χ2v) is 6.38. The molecule has 0 bridgehead atoms. The number of ether oxygens (including phenoxy) is 2. The molecule has 0 fully saturated rings. The van der Waals surface area contributed by atoms with Crippen LogP contribution >= 0.6 is 0 Å². The van der Waals surface area contributed by atoms with E-state index in [1.165, 1.54) is 31.6 Å². The number of benzene rings is 1. The molecular formula is C15H18N2O6S. The third kappa shape index (κ3) is 4.49. The van der Waals surface area contributed by atoms with Crippen LogP contribution in [-0.2, 0) is 21.3 Å². The molecule has 0 radical (unpaired) electrons. The van der Waals surface area contributed by atoms with Crippen molar-refractivity contribution in [3.05, 3.63) is 42.4 Å². The molecule has 2 rings (SSSR count). The Morgan fingerprint density at radius 2 is 2.08 bits per heavy atom. The van der Waals surface area contributed by atoms with Crippen molar-refractivity contribution in [3.8, 4) is 5.75 Å². The highest BCUT2D eigenvalue weighted by atomic mass is 32.2. The molecule has 0 spiro atoms. The van der Waals surface area contributed by atoms with E-state index in [-0.39, 0.29) is 23.7 Å². The van der Waals surface area contributed by atoms with Crippen LogP contribution in [0.25, 0.3) is 0 Å². The lowest BCUT2D eigenvalue weighted by Crippen LogP contribution is -2.23. The van der Waals surface area contributed by atoms with Gasteiger partial charge < -0.3 is 13.9 Å². The Morgan fingerprint density at radius 3 is 2.71 bits per heavy atom. The third-order valence-corrected chi connectivity index (χ3v) is 4.41. The summed E-state index contributed by atoms with van der Waals surface area (Å²) in [6.07, 6.45) is 0.757. The minimum atomic E-state index is -3.79. The Kier molecular flexibility index (Phi) is 5.83. The number of amides is 1. The summed E-state index contributed by atoms with van der Waals surface area (Å²) in [5.74, 6) is 0.796. The minimum absolute atomic E-state index is 0.0159. The van der Waals surface area contributed by atoms with Gasteiger partial charge in [0.15, 0.2) is 0 Å². The molecule has 2 N–H and O–H groups in total. The summed E-state index contributed by atoms with van der Waals surface area (Å²) >= 11 is 0. The fourth-order valence-corrected chi connectivity index (χ4v) is 2.91. The first-order chi connectivity index (χ1) is 11.5. The first-order valence-electron chi connectivity index (χ1n) is 7.10. The summed E-state index contributed by atoms with van der Waals surface area (Å²) in [5.41, 5.74) is 0.192. The van der Waals surface area contributed by atoms with Crippen molar-refractivity contribution in [2.75, 3.05) is 19.0 Å². The molecule has 1 amide bonds. The molecule has 0 aliphatic rings. The van der Waals surface area contributed by atoms with Crippen LogP contribution in [-0.4, -0.2) is 28.2 Å². The number of anilines is 1. The zero-order valence-electron chi connectivity index (χ0n) is 13.2. The monoisotopic (exact) mass is 354 g/mol. The quantitative estimate of drug-likeness (QED) is 0.790. The number of hydrogen-bond acceptors (Lipinski definition) is 6. The Bertz CT molecular complexity index is 786. The molecule has 0 atom stereocenters. The average Bonchev–Trinajstić information content (AvgIpc) is 3.06. The van der Waals surface area contributed by atoms with Gasteiger partial charge in [-0.05, 0) is 37.3 Å². The lowest BCUT2D eigenvalue weighted by atomic mass is 10.3. The van der Waals surface area contributed by atoms with Crippen molar-refractivity contribution in [2.45, 2.75) is 18.4 Å². The first kappa shape index (κ1) is 17.8. The molecule has 9 heteroatoms. The lowest BCUT2D eigenvalue weighted by molar-refractivity contribution is 0.168. The molecule has 2 aromatic rings. The molecule has 24 heavy (non-hydrogen) atoms. The van der Waals surface area contributed by atoms with Crippen LogP contribution in [0.2, 0.25) is 0 Å². The maximum Gasteiger partial charge on any atom is 0.411 e. The number of hydrogen-bond donors (Lipinski definition) is 2. The summed E-state index contributed by atoms with van der Waals surface area (Å²) in [5, 5.41) is 2.45. The van der Waals surface area contributed by atoms with Crippen molar-refractivity contribution >= 4 is 21.8 Å². The largest absolute Gasteiger partial charge is 0.495 e. The summed E-state index contributed by atoms with van der Waals surface area (Å²) in [4.78, 5) is 11.5. The van der Waals surface area contributed by atoms with Gasteiger partial charge in [-0.1, -0.05) is 0 Å². The van der Waals surface area contributed by atoms with E-state index in [9.17, 15) is 13.2 Å². The van der Waals surface area contributed by atoms with E-state index in [0.717, 1.165) is 0 Å². The van der Waals surface area contributed by atoms with Gasteiger partial charge in [0.25, 0.3) is 0 Å². The first-order valence-corrected chi connectivity index (χ1v) is 8.58. The summed E-state index contributed by atoms with van der Waals surface area (Å²) in [6, 6.07) is 7.44. The van der Waals surface area contributed by atoms with E-state index in [1.54, 1.807) is 19.1 Å². The number of carbonyl (C=O) groups excluding carboxylic acids is 1. The molecule has 0 unspecified atom stereocenters. The SMILES string of the molecule is CCOC(=O)Nc1cc(S(=O)(=O)NCc2ccco2)ccc1OC. The van der Waals surface area contributed by atoms with Gasteiger partial charge in [0.2, 0.25) is 10.0 Å². The maximum atomic E-state index is 12.4. The molecule has 1 heterocycles. The van der Waals surface area contributed by atoms with Crippen LogP contribution in [0.5, 0.6) is 5.75 Å². The van der Waals surface area contributed by atoms with Crippen molar-refractivity contribution in [2.24, 2.45) is 0 Å². The van der Waals surface area contributed by atoms with Gasteiger partial charge in [-0.3, -0.25) is 5.32 Å². The number of sulfonamides is 1. The standard InChI is InChI=1S/C15H18N2O6S/c1-3-22-15(18)17-13-9-12(6-7-14(13)21-2)24(19,20)16-10-11-5-4-8-23-11/h4-9,16H,3,10H2,1-2H3,(H,17,18). The topological polar surface area (TPSA) is 107 Å². The van der Waals surface area contributed by atoms with Crippen LogP contribution in [0, 0.1) is 0 Å². The van der Waals surface area contributed by atoms with Gasteiger partial charge in [-0.2, -0.15) is 0 Å². The van der Waals surface area contributed by atoms with Crippen LogP contribution in [0.3, 0.4) is 0 Å². The third-order valence-electron chi connectivity index (χ3n) is 3.01. The highest BCUT2D eigenvalue weighted by Crippen LogP contribution is 2.27. The zero-order chi connectivity index (χ0) is 17.6. The second-order valence-electron chi connectivity index (χ2n) is 4.61.